The molecule has 0 aliphatic heterocycles. The van der Waals surface area contributed by atoms with Gasteiger partial charge in [0.25, 0.3) is 0 Å². The predicted octanol–water partition coefficient (Wildman–Crippen LogP) is 1.74. The molecule has 4 nitrogen and oxygen atoms in total. The van der Waals surface area contributed by atoms with Gasteiger partial charge >= 0.3 is 5.97 Å². The minimum atomic E-state index is -0.929. The summed E-state index contributed by atoms with van der Waals surface area (Å²) in [5.41, 5.74) is 2.09. The molecule has 4 heteroatoms. The summed E-state index contributed by atoms with van der Waals surface area (Å²) in [7, 11) is 1.79. The largest absolute Gasteiger partial charge is 0.479 e. The summed E-state index contributed by atoms with van der Waals surface area (Å²) < 4.78 is 5.55. The Labute approximate surface area is 102 Å². The fourth-order valence-electron chi connectivity index (χ4n) is 1.51. The van der Waals surface area contributed by atoms with E-state index in [2.05, 4.69) is 5.32 Å². The molecule has 0 fully saturated rings. The van der Waals surface area contributed by atoms with Crippen molar-refractivity contribution in [2.45, 2.75) is 26.4 Å². The van der Waals surface area contributed by atoms with Crippen LogP contribution in [0.3, 0.4) is 0 Å². The van der Waals surface area contributed by atoms with Crippen LogP contribution in [0.1, 0.15) is 17.5 Å². The molecule has 1 aromatic rings. The van der Waals surface area contributed by atoms with Crippen LogP contribution in [0, 0.1) is 13.8 Å². The Morgan fingerprint density at radius 2 is 2.18 bits per heavy atom. The van der Waals surface area contributed by atoms with E-state index in [0.29, 0.717) is 18.7 Å². The molecule has 0 aliphatic carbocycles. The second-order valence-electron chi connectivity index (χ2n) is 4.04. The zero-order chi connectivity index (χ0) is 12.8. The number of rotatable bonds is 6. The van der Waals surface area contributed by atoms with E-state index in [0.717, 1.165) is 11.1 Å². The fourth-order valence-corrected chi connectivity index (χ4v) is 1.51. The Hall–Kier alpha value is -1.55. The molecular weight excluding hydrogens is 218 g/mol. The molecule has 0 saturated carbocycles. The lowest BCUT2D eigenvalue weighted by Crippen LogP contribution is -2.30. The summed E-state index contributed by atoms with van der Waals surface area (Å²) in [6.07, 6.45) is -0.359. The Balaban J connectivity index is 2.78. The van der Waals surface area contributed by atoms with E-state index >= 15 is 0 Å². The average Bonchev–Trinajstić information content (AvgIpc) is 2.29. The van der Waals surface area contributed by atoms with Gasteiger partial charge in [-0.15, -0.1) is 0 Å². The molecular formula is C13H19NO3. The van der Waals surface area contributed by atoms with Gasteiger partial charge in [0, 0.05) is 6.42 Å². The van der Waals surface area contributed by atoms with E-state index < -0.39 is 12.1 Å². The van der Waals surface area contributed by atoms with E-state index in [9.17, 15) is 4.79 Å². The lowest BCUT2D eigenvalue weighted by Gasteiger charge is -2.17. The number of ether oxygens (including phenoxy) is 1. The van der Waals surface area contributed by atoms with Crippen molar-refractivity contribution >= 4 is 5.97 Å². The number of hydrogen-bond acceptors (Lipinski definition) is 3. The van der Waals surface area contributed by atoms with Crippen molar-refractivity contribution in [2.24, 2.45) is 0 Å². The topological polar surface area (TPSA) is 58.6 Å². The van der Waals surface area contributed by atoms with Gasteiger partial charge in [0.1, 0.15) is 5.75 Å². The van der Waals surface area contributed by atoms with E-state index in [4.69, 9.17) is 9.84 Å². The highest BCUT2D eigenvalue weighted by Gasteiger charge is 2.19. The van der Waals surface area contributed by atoms with Crippen LogP contribution in [0.25, 0.3) is 0 Å². The van der Waals surface area contributed by atoms with E-state index in [-0.39, 0.29) is 0 Å². The van der Waals surface area contributed by atoms with Gasteiger partial charge in [0.05, 0.1) is 0 Å². The second kappa shape index (κ2) is 6.25. The number of benzene rings is 1. The molecule has 1 rings (SSSR count). The smallest absolute Gasteiger partial charge is 0.344 e. The third-order valence-electron chi connectivity index (χ3n) is 2.76. The molecule has 1 atom stereocenters. The number of nitrogens with one attached hydrogen (secondary N) is 1. The molecule has 0 aliphatic rings. The van der Waals surface area contributed by atoms with E-state index in [1.165, 1.54) is 0 Å². The monoisotopic (exact) mass is 237 g/mol. The highest BCUT2D eigenvalue weighted by Crippen LogP contribution is 2.22. The lowest BCUT2D eigenvalue weighted by atomic mass is 10.1. The van der Waals surface area contributed by atoms with Gasteiger partial charge in [-0.1, -0.05) is 12.1 Å². The number of carboxylic acid groups (broad SMARTS) is 1. The third kappa shape index (κ3) is 3.75. The first-order valence-corrected chi connectivity index (χ1v) is 5.66. The molecule has 1 unspecified atom stereocenters. The number of aryl methyl sites for hydroxylation is 1. The number of aliphatic carboxylic acids is 1. The number of carbonyl (C=O) groups is 1. The summed E-state index contributed by atoms with van der Waals surface area (Å²) in [5.74, 6) is -0.283. The SMILES string of the molecule is CNCCC(Oc1cccc(C)c1C)C(=O)O. The minimum absolute atomic E-state index is 0.444. The molecule has 0 saturated heterocycles. The molecule has 17 heavy (non-hydrogen) atoms. The molecule has 0 aromatic heterocycles. The molecule has 94 valence electrons. The Morgan fingerprint density at radius 3 is 2.76 bits per heavy atom. The molecule has 2 N–H and O–H groups in total. The third-order valence-corrected chi connectivity index (χ3v) is 2.76. The Morgan fingerprint density at radius 1 is 1.47 bits per heavy atom. The first kappa shape index (κ1) is 13.5. The van der Waals surface area contributed by atoms with Crippen LogP contribution in [0.5, 0.6) is 5.75 Å². The average molecular weight is 237 g/mol. The zero-order valence-corrected chi connectivity index (χ0v) is 10.5. The maximum atomic E-state index is 11.1. The molecule has 1 aromatic carbocycles. The summed E-state index contributed by atoms with van der Waals surface area (Å²) in [6.45, 7) is 4.52. The summed E-state index contributed by atoms with van der Waals surface area (Å²) in [5, 5.41) is 12.0. The van der Waals surface area contributed by atoms with Gasteiger partial charge < -0.3 is 15.2 Å². The Bertz CT molecular complexity index is 390. The van der Waals surface area contributed by atoms with Crippen molar-refractivity contribution in [1.82, 2.24) is 5.32 Å². The van der Waals surface area contributed by atoms with E-state index in [1.807, 2.05) is 26.0 Å². The number of hydrogen-bond donors (Lipinski definition) is 2. The van der Waals surface area contributed by atoms with Crippen LogP contribution in [-0.4, -0.2) is 30.8 Å². The predicted molar refractivity (Wildman–Crippen MR) is 66.5 cm³/mol. The Kier molecular flexibility index (Phi) is 4.97. The minimum Gasteiger partial charge on any atom is -0.479 e. The van der Waals surface area contributed by atoms with Crippen molar-refractivity contribution < 1.29 is 14.6 Å². The summed E-state index contributed by atoms with van der Waals surface area (Å²) in [4.78, 5) is 11.1. The lowest BCUT2D eigenvalue weighted by molar-refractivity contribution is -0.145. The van der Waals surface area contributed by atoms with Gasteiger partial charge in [-0.3, -0.25) is 0 Å². The highest BCUT2D eigenvalue weighted by atomic mass is 16.5. The quantitative estimate of drug-likeness (QED) is 0.791. The fraction of sp³-hybridized carbons (Fsp3) is 0.462. The molecule has 0 amide bonds. The maximum Gasteiger partial charge on any atom is 0.344 e. The van der Waals surface area contributed by atoms with Crippen LogP contribution in [0.15, 0.2) is 18.2 Å². The molecule has 0 spiro atoms. The van der Waals surface area contributed by atoms with Crippen molar-refractivity contribution in [3.05, 3.63) is 29.3 Å². The van der Waals surface area contributed by atoms with Gasteiger partial charge in [-0.2, -0.15) is 0 Å². The van der Waals surface area contributed by atoms with Crippen molar-refractivity contribution in [2.75, 3.05) is 13.6 Å². The molecule has 0 bridgehead atoms. The van der Waals surface area contributed by atoms with Crippen LogP contribution < -0.4 is 10.1 Å². The van der Waals surface area contributed by atoms with Crippen LogP contribution >= 0.6 is 0 Å². The van der Waals surface area contributed by atoms with Gasteiger partial charge in [0.15, 0.2) is 6.10 Å². The zero-order valence-electron chi connectivity index (χ0n) is 10.5. The van der Waals surface area contributed by atoms with Crippen molar-refractivity contribution in [3.8, 4) is 5.75 Å². The van der Waals surface area contributed by atoms with Crippen LogP contribution in [-0.2, 0) is 4.79 Å². The van der Waals surface area contributed by atoms with Crippen molar-refractivity contribution in [1.29, 1.82) is 0 Å². The van der Waals surface area contributed by atoms with E-state index in [1.54, 1.807) is 13.1 Å². The van der Waals surface area contributed by atoms with Gasteiger partial charge in [-0.25, -0.2) is 4.79 Å². The summed E-state index contributed by atoms with van der Waals surface area (Å²) >= 11 is 0. The first-order valence-electron chi connectivity index (χ1n) is 5.66. The van der Waals surface area contributed by atoms with Crippen molar-refractivity contribution in [3.63, 3.8) is 0 Å². The second-order valence-corrected chi connectivity index (χ2v) is 4.04. The molecule has 0 heterocycles. The highest BCUT2D eigenvalue weighted by molar-refractivity contribution is 5.72. The molecule has 0 radical (unpaired) electrons. The first-order chi connectivity index (χ1) is 8.06. The maximum absolute atomic E-state index is 11.1. The van der Waals surface area contributed by atoms with Crippen LogP contribution in [0.2, 0.25) is 0 Å². The van der Waals surface area contributed by atoms with Gasteiger partial charge in [0.2, 0.25) is 0 Å². The number of carboxylic acids is 1. The standard InChI is InChI=1S/C13H19NO3/c1-9-5-4-6-11(10(9)2)17-12(13(15)16)7-8-14-3/h4-6,12,14H,7-8H2,1-3H3,(H,15,16). The normalized spacial score (nSPS) is 12.2. The van der Waals surface area contributed by atoms with Crippen LogP contribution in [0.4, 0.5) is 0 Å². The van der Waals surface area contributed by atoms with Gasteiger partial charge in [-0.05, 0) is 44.6 Å². The summed E-state index contributed by atoms with van der Waals surface area (Å²) in [6, 6.07) is 5.65.